The highest BCUT2D eigenvalue weighted by Crippen LogP contribution is 2.17. The van der Waals surface area contributed by atoms with Crippen molar-refractivity contribution in [2.24, 2.45) is 0 Å². The van der Waals surface area contributed by atoms with Crippen LogP contribution in [0.25, 0.3) is 5.57 Å². The van der Waals surface area contributed by atoms with E-state index >= 15 is 0 Å². The lowest BCUT2D eigenvalue weighted by Crippen LogP contribution is -2.12. The van der Waals surface area contributed by atoms with Gasteiger partial charge in [0.25, 0.3) is 0 Å². The molecule has 1 N–H and O–H groups in total. The van der Waals surface area contributed by atoms with Gasteiger partial charge in [0.05, 0.1) is 6.61 Å². The van der Waals surface area contributed by atoms with Gasteiger partial charge in [0.1, 0.15) is 5.75 Å². The molecule has 0 spiro atoms. The van der Waals surface area contributed by atoms with Crippen molar-refractivity contribution in [2.45, 2.75) is 34.1 Å². The summed E-state index contributed by atoms with van der Waals surface area (Å²) in [5.74, 6) is 0.920. The Kier molecular flexibility index (Phi) is 14.2. The minimum absolute atomic E-state index is 0.0421. The third kappa shape index (κ3) is 10.7. The van der Waals surface area contributed by atoms with E-state index in [1.54, 1.807) is 25.5 Å². The van der Waals surface area contributed by atoms with Crippen LogP contribution in [0.5, 0.6) is 5.75 Å². The Bertz CT molecular complexity index is 766. The highest BCUT2D eigenvalue weighted by Gasteiger charge is 2.08. The summed E-state index contributed by atoms with van der Waals surface area (Å²) in [6.45, 7) is 16.1. The zero-order valence-corrected chi connectivity index (χ0v) is 18.4. The number of carbonyl (C=O) groups excluding carboxylic acids is 1. The van der Waals surface area contributed by atoms with Gasteiger partial charge in [-0.25, -0.2) is 0 Å². The topological polar surface area (TPSA) is 51.2 Å². The van der Waals surface area contributed by atoms with Gasteiger partial charge in [0, 0.05) is 30.7 Å². The Hall–Kier alpha value is -3.14. The number of likely N-dealkylation sites (N-methyl/N-ethyl adjacent to an activating group) is 1. The van der Waals surface area contributed by atoms with Crippen LogP contribution in [-0.4, -0.2) is 24.4 Å². The molecule has 1 aromatic heterocycles. The van der Waals surface area contributed by atoms with E-state index in [4.69, 9.17) is 4.74 Å². The molecule has 0 bridgehead atoms. The first-order valence-electron chi connectivity index (χ1n) is 9.86. The fourth-order valence-electron chi connectivity index (χ4n) is 2.10. The van der Waals surface area contributed by atoms with Gasteiger partial charge >= 0.3 is 0 Å². The summed E-state index contributed by atoms with van der Waals surface area (Å²) in [4.78, 5) is 15.4. The number of carbonyl (C=O) groups is 1. The summed E-state index contributed by atoms with van der Waals surface area (Å²) in [6.07, 6.45) is 6.18. The SMILES string of the molecule is C=C(NC)/C(=C\C(=C)c1ccncc1)C(C)=O.CC.CCCOc1ccccc1. The molecule has 0 saturated carbocycles. The summed E-state index contributed by atoms with van der Waals surface area (Å²) in [6, 6.07) is 13.6. The van der Waals surface area contributed by atoms with Gasteiger partial charge in [-0.05, 0) is 54.8 Å². The van der Waals surface area contributed by atoms with Crippen molar-refractivity contribution in [1.82, 2.24) is 10.3 Å². The standard InChI is InChI=1S/C14H16N2O.C9H12O.C2H6/c1-10(13-5-7-16-8-6-13)9-14(12(3)17)11(2)15-4;1-2-8-10-9-6-4-3-5-7-9;1-2/h5-9,15H,1-2H2,3-4H3;3-7H,2,8H2,1H3;1-2H3/b14-9+;;. The maximum Gasteiger partial charge on any atom is 0.161 e. The van der Waals surface area contributed by atoms with Crippen molar-refractivity contribution < 1.29 is 9.53 Å². The Labute approximate surface area is 176 Å². The number of ether oxygens (including phenoxy) is 1. The molecule has 0 atom stereocenters. The van der Waals surface area contributed by atoms with E-state index in [-0.39, 0.29) is 5.78 Å². The number of para-hydroxylation sites is 1. The van der Waals surface area contributed by atoms with Crippen LogP contribution in [0.15, 0.2) is 85.4 Å². The average molecular weight is 395 g/mol. The van der Waals surface area contributed by atoms with Crippen molar-refractivity contribution in [3.63, 3.8) is 0 Å². The number of ketones is 1. The van der Waals surface area contributed by atoms with Crippen LogP contribution in [0.3, 0.4) is 0 Å². The first kappa shape index (κ1) is 25.9. The van der Waals surface area contributed by atoms with E-state index in [1.807, 2.05) is 56.3 Å². The minimum Gasteiger partial charge on any atom is -0.494 e. The summed E-state index contributed by atoms with van der Waals surface area (Å²) in [5, 5.41) is 2.87. The summed E-state index contributed by atoms with van der Waals surface area (Å²) in [5.41, 5.74) is 2.82. The van der Waals surface area contributed by atoms with Gasteiger partial charge in [-0.2, -0.15) is 0 Å². The van der Waals surface area contributed by atoms with E-state index < -0.39 is 0 Å². The van der Waals surface area contributed by atoms with Crippen molar-refractivity contribution >= 4 is 11.4 Å². The number of pyridine rings is 1. The molecule has 4 nitrogen and oxygen atoms in total. The second-order valence-electron chi connectivity index (χ2n) is 5.77. The van der Waals surface area contributed by atoms with Crippen LogP contribution in [0, 0.1) is 0 Å². The molecule has 29 heavy (non-hydrogen) atoms. The van der Waals surface area contributed by atoms with Gasteiger partial charge in [0.2, 0.25) is 0 Å². The van der Waals surface area contributed by atoms with Crippen LogP contribution in [0.1, 0.15) is 39.7 Å². The zero-order chi connectivity index (χ0) is 22.1. The zero-order valence-electron chi connectivity index (χ0n) is 18.4. The largest absolute Gasteiger partial charge is 0.494 e. The second-order valence-corrected chi connectivity index (χ2v) is 5.77. The third-order valence-electron chi connectivity index (χ3n) is 3.59. The Balaban J connectivity index is 0.000000554. The number of benzene rings is 1. The van der Waals surface area contributed by atoms with Gasteiger partial charge in [-0.3, -0.25) is 9.78 Å². The molecule has 1 aromatic carbocycles. The van der Waals surface area contributed by atoms with E-state index in [0.717, 1.165) is 29.9 Å². The van der Waals surface area contributed by atoms with E-state index in [9.17, 15) is 4.79 Å². The van der Waals surface area contributed by atoms with Gasteiger partial charge in [-0.15, -0.1) is 0 Å². The highest BCUT2D eigenvalue weighted by atomic mass is 16.5. The molecular weight excluding hydrogens is 360 g/mol. The van der Waals surface area contributed by atoms with Gasteiger partial charge in [0.15, 0.2) is 5.78 Å². The maximum absolute atomic E-state index is 11.5. The normalized spacial score (nSPS) is 9.76. The van der Waals surface area contributed by atoms with Gasteiger partial charge in [-0.1, -0.05) is 52.1 Å². The van der Waals surface area contributed by atoms with E-state index in [1.165, 1.54) is 6.92 Å². The molecule has 2 rings (SSSR count). The maximum atomic E-state index is 11.5. The predicted molar refractivity (Wildman–Crippen MR) is 124 cm³/mol. The van der Waals surface area contributed by atoms with Crippen molar-refractivity contribution in [2.75, 3.05) is 13.7 Å². The molecule has 0 aliphatic carbocycles. The smallest absolute Gasteiger partial charge is 0.161 e. The van der Waals surface area contributed by atoms with Crippen LogP contribution in [-0.2, 0) is 4.79 Å². The number of rotatable bonds is 8. The number of allylic oxidation sites excluding steroid dienone is 3. The number of hydrogen-bond acceptors (Lipinski definition) is 4. The minimum atomic E-state index is -0.0421. The summed E-state index contributed by atoms with van der Waals surface area (Å²) < 4.78 is 5.36. The van der Waals surface area contributed by atoms with E-state index in [2.05, 4.69) is 30.4 Å². The lowest BCUT2D eigenvalue weighted by atomic mass is 10.0. The van der Waals surface area contributed by atoms with Crippen molar-refractivity contribution in [3.8, 4) is 5.75 Å². The lowest BCUT2D eigenvalue weighted by Gasteiger charge is -2.08. The van der Waals surface area contributed by atoms with Crippen LogP contribution in [0.2, 0.25) is 0 Å². The Morgan fingerprint density at radius 2 is 1.69 bits per heavy atom. The molecule has 0 aliphatic rings. The number of nitrogens with one attached hydrogen (secondary N) is 1. The average Bonchev–Trinajstić information content (AvgIpc) is 2.78. The summed E-state index contributed by atoms with van der Waals surface area (Å²) >= 11 is 0. The number of Topliss-reactive ketones (excluding diaryl/α,β-unsaturated/α-hetero) is 1. The van der Waals surface area contributed by atoms with Crippen LogP contribution >= 0.6 is 0 Å². The Morgan fingerprint density at radius 3 is 2.17 bits per heavy atom. The molecule has 0 aliphatic heterocycles. The summed E-state index contributed by atoms with van der Waals surface area (Å²) in [7, 11) is 1.73. The van der Waals surface area contributed by atoms with Crippen molar-refractivity contribution in [3.05, 3.63) is 90.9 Å². The molecule has 0 unspecified atom stereocenters. The second kappa shape index (κ2) is 15.9. The molecule has 0 saturated heterocycles. The molecule has 0 radical (unpaired) electrons. The number of aromatic nitrogens is 1. The molecule has 156 valence electrons. The molecule has 2 aromatic rings. The predicted octanol–water partition coefficient (Wildman–Crippen LogP) is 5.84. The van der Waals surface area contributed by atoms with Gasteiger partial charge < -0.3 is 10.1 Å². The first-order valence-corrected chi connectivity index (χ1v) is 9.86. The molecule has 4 heteroatoms. The highest BCUT2D eigenvalue weighted by molar-refractivity contribution is 6.00. The first-order chi connectivity index (χ1) is 14.0. The fourth-order valence-corrected chi connectivity index (χ4v) is 2.10. The van der Waals surface area contributed by atoms with E-state index in [0.29, 0.717) is 11.3 Å². The van der Waals surface area contributed by atoms with Crippen LogP contribution in [0.4, 0.5) is 0 Å². The number of nitrogens with zero attached hydrogens (tertiary/aromatic N) is 1. The molecule has 1 heterocycles. The van der Waals surface area contributed by atoms with Crippen molar-refractivity contribution in [1.29, 1.82) is 0 Å². The molecule has 0 fully saturated rings. The Morgan fingerprint density at radius 1 is 1.10 bits per heavy atom. The fraction of sp³-hybridized carbons (Fsp3) is 0.280. The lowest BCUT2D eigenvalue weighted by molar-refractivity contribution is -0.113. The third-order valence-corrected chi connectivity index (χ3v) is 3.59. The van der Waals surface area contributed by atoms with Crippen LogP contribution < -0.4 is 10.1 Å². The number of hydrogen-bond donors (Lipinski definition) is 1. The molecule has 0 amide bonds. The monoisotopic (exact) mass is 394 g/mol. The quantitative estimate of drug-likeness (QED) is 0.451. The molecular formula is C25H34N2O2.